The lowest BCUT2D eigenvalue weighted by Crippen LogP contribution is -1.99. The molecule has 0 spiro atoms. The maximum absolute atomic E-state index is 13.3. The summed E-state index contributed by atoms with van der Waals surface area (Å²) in [5.41, 5.74) is 1.20. The van der Waals surface area contributed by atoms with Crippen LogP contribution in [0.25, 0.3) is 5.57 Å². The van der Waals surface area contributed by atoms with Gasteiger partial charge in [-0.3, -0.25) is 0 Å². The first-order valence-corrected chi connectivity index (χ1v) is 4.22. The van der Waals surface area contributed by atoms with Crippen LogP contribution < -0.4 is 4.74 Å². The zero-order chi connectivity index (χ0) is 10.6. The Balaban J connectivity index is 2.83. The Kier molecular flexibility index (Phi) is 3.65. The zero-order valence-electron chi connectivity index (χ0n) is 8.34. The summed E-state index contributed by atoms with van der Waals surface area (Å²) in [5, 5.41) is 0. The minimum atomic E-state index is -0.328. The smallest absolute Gasteiger partial charge is 0.188 e. The fourth-order valence-electron chi connectivity index (χ4n) is 1.06. The summed E-state index contributed by atoms with van der Waals surface area (Å²) in [6, 6.07) is 4.65. The lowest BCUT2D eigenvalue weighted by molar-refractivity contribution is 0.0509. The molecule has 0 aliphatic heterocycles. The molecule has 0 fully saturated rings. The molecule has 1 rings (SSSR count). The molecule has 0 radical (unpaired) electrons. The molecule has 1 aromatic rings. The highest BCUT2D eigenvalue weighted by atomic mass is 19.1. The van der Waals surface area contributed by atoms with Crippen molar-refractivity contribution in [3.05, 3.63) is 36.2 Å². The molecule has 0 N–H and O–H groups in total. The van der Waals surface area contributed by atoms with Crippen molar-refractivity contribution in [2.75, 3.05) is 13.9 Å². The fourth-order valence-corrected chi connectivity index (χ4v) is 1.06. The molecule has 2 nitrogen and oxygen atoms in total. The molecule has 14 heavy (non-hydrogen) atoms. The Hall–Kier alpha value is -1.35. The topological polar surface area (TPSA) is 18.5 Å². The van der Waals surface area contributed by atoms with Gasteiger partial charge in [0.2, 0.25) is 0 Å². The van der Waals surface area contributed by atoms with Crippen molar-refractivity contribution in [2.45, 2.75) is 6.92 Å². The molecule has 76 valence electrons. The molecular weight excluding hydrogens is 183 g/mol. The average Bonchev–Trinajstić information content (AvgIpc) is 2.14. The number of halogens is 1. The lowest BCUT2D eigenvalue weighted by Gasteiger charge is -2.07. The first-order valence-electron chi connectivity index (χ1n) is 4.22. The molecule has 0 aromatic heterocycles. The van der Waals surface area contributed by atoms with Gasteiger partial charge in [-0.25, -0.2) is 4.39 Å². The lowest BCUT2D eigenvalue weighted by atomic mass is 10.1. The van der Waals surface area contributed by atoms with Gasteiger partial charge in [-0.2, -0.15) is 0 Å². The molecule has 3 heteroatoms. The summed E-state index contributed by atoms with van der Waals surface area (Å²) in [4.78, 5) is 0. The van der Waals surface area contributed by atoms with Gasteiger partial charge in [0.15, 0.2) is 6.79 Å². The quantitative estimate of drug-likeness (QED) is 0.689. The molecule has 0 unspecified atom stereocenters. The minimum absolute atomic E-state index is 0.117. The molecule has 0 saturated carbocycles. The van der Waals surface area contributed by atoms with Crippen molar-refractivity contribution < 1.29 is 13.9 Å². The predicted molar refractivity (Wildman–Crippen MR) is 53.6 cm³/mol. The van der Waals surface area contributed by atoms with Gasteiger partial charge in [0.25, 0.3) is 0 Å². The van der Waals surface area contributed by atoms with Crippen molar-refractivity contribution in [3.8, 4) is 5.75 Å². The second-order valence-corrected chi connectivity index (χ2v) is 2.97. The van der Waals surface area contributed by atoms with Crippen LogP contribution >= 0.6 is 0 Å². The Bertz CT molecular complexity index is 334. The van der Waals surface area contributed by atoms with Gasteiger partial charge in [0.05, 0.1) is 0 Å². The first kappa shape index (κ1) is 10.7. The Morgan fingerprint density at radius 3 is 2.71 bits per heavy atom. The number of ether oxygens (including phenoxy) is 2. The summed E-state index contributed by atoms with van der Waals surface area (Å²) in [5.74, 6) is 0.125. The molecular formula is C11H13FO2. The zero-order valence-corrected chi connectivity index (χ0v) is 8.34. The standard InChI is InChI=1S/C11H13FO2/c1-8(2)10-5-4-9(6-11(10)12)14-7-13-3/h4-6H,1,7H2,2-3H3. The van der Waals surface area contributed by atoms with Gasteiger partial charge >= 0.3 is 0 Å². The van der Waals surface area contributed by atoms with E-state index < -0.39 is 0 Å². The number of rotatable bonds is 4. The van der Waals surface area contributed by atoms with Crippen LogP contribution in [0.3, 0.4) is 0 Å². The molecule has 0 aliphatic rings. The summed E-state index contributed by atoms with van der Waals surface area (Å²) >= 11 is 0. The largest absolute Gasteiger partial charge is 0.467 e. The van der Waals surface area contributed by atoms with E-state index in [1.807, 2.05) is 0 Å². The highest BCUT2D eigenvalue weighted by Gasteiger charge is 2.04. The average molecular weight is 196 g/mol. The predicted octanol–water partition coefficient (Wildman–Crippen LogP) is 2.84. The molecule has 0 heterocycles. The summed E-state index contributed by atoms with van der Waals surface area (Å²) in [7, 11) is 1.51. The number of hydrogen-bond donors (Lipinski definition) is 0. The van der Waals surface area contributed by atoms with Crippen LogP contribution in [0.4, 0.5) is 4.39 Å². The van der Waals surface area contributed by atoms with Gasteiger partial charge < -0.3 is 9.47 Å². The van der Waals surface area contributed by atoms with E-state index in [1.54, 1.807) is 19.1 Å². The van der Waals surface area contributed by atoms with Gasteiger partial charge in [0.1, 0.15) is 11.6 Å². The highest BCUT2D eigenvalue weighted by Crippen LogP contribution is 2.21. The maximum Gasteiger partial charge on any atom is 0.188 e. The van der Waals surface area contributed by atoms with E-state index in [9.17, 15) is 4.39 Å². The van der Waals surface area contributed by atoms with Crippen LogP contribution in [0.2, 0.25) is 0 Å². The molecule has 0 amide bonds. The van der Waals surface area contributed by atoms with E-state index in [1.165, 1.54) is 13.2 Å². The highest BCUT2D eigenvalue weighted by molar-refractivity contribution is 5.62. The normalized spacial score (nSPS) is 9.93. The number of benzene rings is 1. The van der Waals surface area contributed by atoms with Crippen LogP contribution in [0.15, 0.2) is 24.8 Å². The third kappa shape index (κ3) is 2.57. The Labute approximate surface area is 83.0 Å². The van der Waals surface area contributed by atoms with Crippen molar-refractivity contribution >= 4 is 5.57 Å². The third-order valence-electron chi connectivity index (χ3n) is 1.74. The number of allylic oxidation sites excluding steroid dienone is 1. The molecule has 0 aliphatic carbocycles. The van der Waals surface area contributed by atoms with Gasteiger partial charge in [-0.15, -0.1) is 0 Å². The molecule has 1 aromatic carbocycles. The Morgan fingerprint density at radius 2 is 2.21 bits per heavy atom. The van der Waals surface area contributed by atoms with Crippen LogP contribution in [-0.2, 0) is 4.74 Å². The first-order chi connectivity index (χ1) is 6.65. The van der Waals surface area contributed by atoms with Crippen LogP contribution in [0.1, 0.15) is 12.5 Å². The second kappa shape index (κ2) is 4.77. The molecule has 0 atom stereocenters. The summed E-state index contributed by atoms with van der Waals surface area (Å²) in [6.45, 7) is 5.55. The van der Waals surface area contributed by atoms with E-state index in [4.69, 9.17) is 9.47 Å². The van der Waals surface area contributed by atoms with E-state index in [0.29, 0.717) is 16.9 Å². The molecule has 0 saturated heterocycles. The van der Waals surface area contributed by atoms with Crippen molar-refractivity contribution in [2.24, 2.45) is 0 Å². The van der Waals surface area contributed by atoms with Gasteiger partial charge in [-0.1, -0.05) is 6.58 Å². The summed E-state index contributed by atoms with van der Waals surface area (Å²) < 4.78 is 23.1. The van der Waals surface area contributed by atoms with Crippen LogP contribution in [-0.4, -0.2) is 13.9 Å². The van der Waals surface area contributed by atoms with Crippen molar-refractivity contribution in [1.82, 2.24) is 0 Å². The van der Waals surface area contributed by atoms with Crippen LogP contribution in [0.5, 0.6) is 5.75 Å². The number of hydrogen-bond acceptors (Lipinski definition) is 2. The van der Waals surface area contributed by atoms with E-state index >= 15 is 0 Å². The molecule has 0 bridgehead atoms. The van der Waals surface area contributed by atoms with Gasteiger partial charge in [0, 0.05) is 18.7 Å². The fraction of sp³-hybridized carbons (Fsp3) is 0.273. The Morgan fingerprint density at radius 1 is 1.50 bits per heavy atom. The minimum Gasteiger partial charge on any atom is -0.467 e. The second-order valence-electron chi connectivity index (χ2n) is 2.97. The maximum atomic E-state index is 13.3. The monoisotopic (exact) mass is 196 g/mol. The van der Waals surface area contributed by atoms with Crippen molar-refractivity contribution in [1.29, 1.82) is 0 Å². The summed E-state index contributed by atoms with van der Waals surface area (Å²) in [6.07, 6.45) is 0. The number of methoxy groups -OCH3 is 1. The van der Waals surface area contributed by atoms with Crippen molar-refractivity contribution in [3.63, 3.8) is 0 Å². The third-order valence-corrected chi connectivity index (χ3v) is 1.74. The van der Waals surface area contributed by atoms with Gasteiger partial charge in [-0.05, 0) is 24.6 Å². The SMILES string of the molecule is C=C(C)c1ccc(OCOC)cc1F. The van der Waals surface area contributed by atoms with E-state index in [2.05, 4.69) is 6.58 Å². The van der Waals surface area contributed by atoms with E-state index in [0.717, 1.165) is 0 Å². The van der Waals surface area contributed by atoms with Crippen LogP contribution in [0, 0.1) is 5.82 Å². The van der Waals surface area contributed by atoms with E-state index in [-0.39, 0.29) is 12.6 Å².